The minimum absolute atomic E-state index is 0.193. The highest BCUT2D eigenvalue weighted by atomic mass is 32.2. The van der Waals surface area contributed by atoms with E-state index in [2.05, 4.69) is 0 Å². The van der Waals surface area contributed by atoms with E-state index in [0.717, 1.165) is 5.01 Å². The molecule has 0 aromatic carbocycles. The molecule has 0 aliphatic carbocycles. The Morgan fingerprint density at radius 3 is 2.35 bits per heavy atom. The Labute approximate surface area is 101 Å². The molecule has 0 aromatic rings. The van der Waals surface area contributed by atoms with Crippen molar-refractivity contribution < 1.29 is 23.1 Å². The highest BCUT2D eigenvalue weighted by Gasteiger charge is 2.43. The van der Waals surface area contributed by atoms with Gasteiger partial charge in [-0.3, -0.25) is 0 Å². The first-order valence-corrected chi connectivity index (χ1v) is 7.12. The number of hydrazine groups is 1. The summed E-state index contributed by atoms with van der Waals surface area (Å²) in [6, 6.07) is -0.783. The summed E-state index contributed by atoms with van der Waals surface area (Å²) < 4.78 is 27.6. The van der Waals surface area contributed by atoms with Gasteiger partial charge in [0, 0.05) is 14.1 Å². The summed E-state index contributed by atoms with van der Waals surface area (Å²) in [5.74, 6) is -0.563. The Hall–Kier alpha value is -0.860. The lowest BCUT2D eigenvalue weighted by molar-refractivity contribution is -0.0401. The average Bonchev–Trinajstić information content (AvgIpc) is 2.40. The molecule has 1 heterocycles. The fourth-order valence-electron chi connectivity index (χ4n) is 1.83. The third kappa shape index (κ3) is 3.30. The molecule has 0 spiro atoms. The van der Waals surface area contributed by atoms with Crippen molar-refractivity contribution in [3.8, 4) is 0 Å². The first-order valence-electron chi connectivity index (χ1n) is 5.30. The van der Waals surface area contributed by atoms with Gasteiger partial charge in [0.15, 0.2) is 9.84 Å². The third-order valence-corrected chi connectivity index (χ3v) is 4.19. The fourth-order valence-corrected chi connectivity index (χ4v) is 3.59. The molecular weight excluding hydrogens is 248 g/mol. The van der Waals surface area contributed by atoms with Crippen molar-refractivity contribution in [2.45, 2.75) is 19.1 Å². The lowest BCUT2D eigenvalue weighted by Crippen LogP contribution is -2.53. The van der Waals surface area contributed by atoms with Crippen LogP contribution in [-0.2, 0) is 14.6 Å². The van der Waals surface area contributed by atoms with E-state index in [9.17, 15) is 18.3 Å². The van der Waals surface area contributed by atoms with Crippen LogP contribution in [0.15, 0.2) is 0 Å². The molecule has 1 amide bonds. The van der Waals surface area contributed by atoms with Crippen molar-refractivity contribution in [1.29, 1.82) is 0 Å². The summed E-state index contributed by atoms with van der Waals surface area (Å²) in [5.41, 5.74) is 0. The topological polar surface area (TPSA) is 87.1 Å². The highest BCUT2D eigenvalue weighted by molar-refractivity contribution is 7.91. The van der Waals surface area contributed by atoms with Crippen LogP contribution in [0.5, 0.6) is 0 Å². The first kappa shape index (κ1) is 14.2. The molecule has 1 N–H and O–H groups in total. The Kier molecular flexibility index (Phi) is 4.34. The molecule has 0 bridgehead atoms. The number of sulfone groups is 1. The number of rotatable bonds is 3. The zero-order chi connectivity index (χ0) is 13.2. The maximum Gasteiger partial charge on any atom is 0.424 e. The Morgan fingerprint density at radius 1 is 1.41 bits per heavy atom. The molecule has 8 heteroatoms. The van der Waals surface area contributed by atoms with E-state index in [0.29, 0.717) is 0 Å². The smallest absolute Gasteiger partial charge is 0.424 e. The maximum atomic E-state index is 11.7. The number of ether oxygens (including phenoxy) is 1. The zero-order valence-corrected chi connectivity index (χ0v) is 11.0. The van der Waals surface area contributed by atoms with E-state index in [-0.39, 0.29) is 18.1 Å². The summed E-state index contributed by atoms with van der Waals surface area (Å²) >= 11 is 0. The van der Waals surface area contributed by atoms with Crippen LogP contribution in [-0.4, -0.2) is 74.0 Å². The molecule has 1 rings (SSSR count). The molecule has 0 unspecified atom stereocenters. The minimum Gasteiger partial charge on any atom is -0.449 e. The summed E-state index contributed by atoms with van der Waals surface area (Å²) in [5, 5.41) is 12.3. The number of carbonyl (C=O) groups is 1. The van der Waals surface area contributed by atoms with E-state index in [4.69, 9.17) is 4.74 Å². The quantitative estimate of drug-likeness (QED) is 0.665. The SMILES string of the molecule is CCOC(=O)N([C@@H]1CS(=O)(=O)C[C@@H]1O)N(C)C. The van der Waals surface area contributed by atoms with Gasteiger partial charge in [0.2, 0.25) is 0 Å². The van der Waals surface area contributed by atoms with E-state index in [1.54, 1.807) is 21.0 Å². The van der Waals surface area contributed by atoms with Crippen molar-refractivity contribution in [3.05, 3.63) is 0 Å². The molecule has 1 fully saturated rings. The van der Waals surface area contributed by atoms with Gasteiger partial charge in [0.25, 0.3) is 0 Å². The Morgan fingerprint density at radius 2 is 2.00 bits per heavy atom. The van der Waals surface area contributed by atoms with Gasteiger partial charge < -0.3 is 9.84 Å². The fraction of sp³-hybridized carbons (Fsp3) is 0.889. The van der Waals surface area contributed by atoms with Crippen LogP contribution >= 0.6 is 0 Å². The van der Waals surface area contributed by atoms with Gasteiger partial charge in [-0.05, 0) is 6.92 Å². The average molecular weight is 266 g/mol. The number of hydrogen-bond donors (Lipinski definition) is 1. The number of aliphatic hydroxyl groups excluding tert-OH is 1. The maximum absolute atomic E-state index is 11.7. The van der Waals surface area contributed by atoms with Gasteiger partial charge in [0.1, 0.15) is 0 Å². The third-order valence-electron chi connectivity index (χ3n) is 2.49. The molecule has 1 aliphatic heterocycles. The summed E-state index contributed by atoms with van der Waals surface area (Å²) in [4.78, 5) is 11.7. The van der Waals surface area contributed by atoms with Crippen LogP contribution in [0, 0.1) is 0 Å². The molecule has 0 aromatic heterocycles. The van der Waals surface area contributed by atoms with Crippen LogP contribution in [0.25, 0.3) is 0 Å². The minimum atomic E-state index is -3.30. The zero-order valence-electron chi connectivity index (χ0n) is 10.2. The second-order valence-corrected chi connectivity index (χ2v) is 6.26. The van der Waals surface area contributed by atoms with Gasteiger partial charge in [-0.2, -0.15) is 0 Å². The summed E-state index contributed by atoms with van der Waals surface area (Å²) in [7, 11) is -0.114. The van der Waals surface area contributed by atoms with Gasteiger partial charge >= 0.3 is 6.09 Å². The van der Waals surface area contributed by atoms with Crippen molar-refractivity contribution in [2.24, 2.45) is 0 Å². The van der Waals surface area contributed by atoms with Crippen LogP contribution in [0.1, 0.15) is 6.92 Å². The summed E-state index contributed by atoms with van der Waals surface area (Å²) in [6.45, 7) is 1.85. The van der Waals surface area contributed by atoms with Crippen molar-refractivity contribution in [2.75, 3.05) is 32.2 Å². The van der Waals surface area contributed by atoms with E-state index in [1.807, 2.05) is 0 Å². The predicted octanol–water partition coefficient (Wildman–Crippen LogP) is -0.921. The highest BCUT2D eigenvalue weighted by Crippen LogP contribution is 2.20. The molecule has 0 radical (unpaired) electrons. The van der Waals surface area contributed by atoms with Crippen LogP contribution in [0.3, 0.4) is 0 Å². The standard InChI is InChI=1S/C9H18N2O5S/c1-4-16-9(13)11(10(2)3)7-5-17(14,15)6-8(7)12/h7-8,12H,4-6H2,1-3H3/t7-,8+/m1/s1. The van der Waals surface area contributed by atoms with E-state index < -0.39 is 28.1 Å². The molecule has 2 atom stereocenters. The van der Waals surface area contributed by atoms with Crippen LogP contribution in [0.4, 0.5) is 4.79 Å². The summed E-state index contributed by atoms with van der Waals surface area (Å²) in [6.07, 6.45) is -1.73. The number of amides is 1. The molecule has 1 aliphatic rings. The van der Waals surface area contributed by atoms with Gasteiger partial charge in [0.05, 0.1) is 30.3 Å². The molecular formula is C9H18N2O5S. The normalized spacial score (nSPS) is 27.1. The number of hydrogen-bond acceptors (Lipinski definition) is 6. The van der Waals surface area contributed by atoms with Crippen molar-refractivity contribution in [1.82, 2.24) is 10.0 Å². The van der Waals surface area contributed by atoms with Gasteiger partial charge in [-0.25, -0.2) is 23.2 Å². The second kappa shape index (κ2) is 5.19. The molecule has 1 saturated heterocycles. The van der Waals surface area contributed by atoms with E-state index in [1.165, 1.54) is 5.01 Å². The monoisotopic (exact) mass is 266 g/mol. The van der Waals surface area contributed by atoms with E-state index >= 15 is 0 Å². The largest absolute Gasteiger partial charge is 0.449 e. The predicted molar refractivity (Wildman–Crippen MR) is 61.0 cm³/mol. The Balaban J connectivity index is 2.89. The first-order chi connectivity index (χ1) is 7.78. The lowest BCUT2D eigenvalue weighted by atomic mass is 10.2. The van der Waals surface area contributed by atoms with Gasteiger partial charge in [-0.15, -0.1) is 0 Å². The number of carbonyl (C=O) groups excluding carboxylic acids is 1. The van der Waals surface area contributed by atoms with Crippen LogP contribution < -0.4 is 0 Å². The van der Waals surface area contributed by atoms with Gasteiger partial charge in [-0.1, -0.05) is 0 Å². The molecule has 0 saturated carbocycles. The molecule has 17 heavy (non-hydrogen) atoms. The van der Waals surface area contributed by atoms with Crippen molar-refractivity contribution in [3.63, 3.8) is 0 Å². The molecule has 7 nitrogen and oxygen atoms in total. The second-order valence-electron chi connectivity index (χ2n) is 4.10. The van der Waals surface area contributed by atoms with Crippen LogP contribution in [0.2, 0.25) is 0 Å². The van der Waals surface area contributed by atoms with Crippen molar-refractivity contribution >= 4 is 15.9 Å². The molecule has 100 valence electrons. The Bertz CT molecular complexity index is 381. The lowest BCUT2D eigenvalue weighted by Gasteiger charge is -2.33. The number of nitrogens with zero attached hydrogens (tertiary/aromatic N) is 2. The number of aliphatic hydroxyl groups is 1.